The van der Waals surface area contributed by atoms with Gasteiger partial charge >= 0.3 is 0 Å². The summed E-state index contributed by atoms with van der Waals surface area (Å²) in [6.07, 6.45) is 3.69. The summed E-state index contributed by atoms with van der Waals surface area (Å²) >= 11 is 0. The predicted molar refractivity (Wildman–Crippen MR) is 78.2 cm³/mol. The Hall–Kier alpha value is -1.95. The van der Waals surface area contributed by atoms with Gasteiger partial charge in [-0.2, -0.15) is 0 Å². The molecule has 2 atom stereocenters. The number of aryl methyl sites for hydroxylation is 1. The van der Waals surface area contributed by atoms with Crippen LogP contribution in [0.15, 0.2) is 18.2 Å². The number of rotatable bonds is 3. The zero-order valence-electron chi connectivity index (χ0n) is 12.0. The van der Waals surface area contributed by atoms with Gasteiger partial charge in [-0.25, -0.2) is 0 Å². The van der Waals surface area contributed by atoms with Gasteiger partial charge < -0.3 is 10.4 Å². The van der Waals surface area contributed by atoms with E-state index in [1.165, 1.54) is 6.07 Å². The van der Waals surface area contributed by atoms with Crippen molar-refractivity contribution in [1.29, 1.82) is 0 Å². The van der Waals surface area contributed by atoms with Crippen molar-refractivity contribution in [2.45, 2.75) is 51.2 Å². The number of aliphatic hydroxyl groups excluding tert-OH is 1. The molecule has 0 saturated heterocycles. The molecule has 6 nitrogen and oxygen atoms in total. The van der Waals surface area contributed by atoms with Gasteiger partial charge in [-0.3, -0.25) is 14.9 Å². The third-order valence-electron chi connectivity index (χ3n) is 3.96. The highest BCUT2D eigenvalue weighted by atomic mass is 16.6. The second kappa shape index (κ2) is 6.67. The number of amides is 1. The van der Waals surface area contributed by atoms with Gasteiger partial charge in [0.1, 0.15) is 5.56 Å². The highest BCUT2D eigenvalue weighted by molar-refractivity contribution is 5.98. The average Bonchev–Trinajstić information content (AvgIpc) is 2.63. The first-order valence-electron chi connectivity index (χ1n) is 7.23. The number of aliphatic hydroxyl groups is 1. The minimum atomic E-state index is -0.583. The molecule has 0 aromatic heterocycles. The van der Waals surface area contributed by atoms with Crippen molar-refractivity contribution in [3.63, 3.8) is 0 Å². The van der Waals surface area contributed by atoms with Crippen LogP contribution >= 0.6 is 0 Å². The van der Waals surface area contributed by atoms with Crippen molar-refractivity contribution >= 4 is 11.6 Å². The molecule has 1 aromatic carbocycles. The molecule has 114 valence electrons. The summed E-state index contributed by atoms with van der Waals surface area (Å²) in [5.41, 5.74) is 0.337. The van der Waals surface area contributed by atoms with E-state index >= 15 is 0 Å². The van der Waals surface area contributed by atoms with Gasteiger partial charge in [0, 0.05) is 5.56 Å². The summed E-state index contributed by atoms with van der Waals surface area (Å²) < 4.78 is 0. The van der Waals surface area contributed by atoms with Crippen molar-refractivity contribution in [2.24, 2.45) is 0 Å². The number of nitrogens with zero attached hydrogens (tertiary/aromatic N) is 1. The SMILES string of the molecule is Cc1cccc(C(=O)NC2CCCCCC2O)c1[N+](=O)[O-]. The zero-order chi connectivity index (χ0) is 15.4. The third kappa shape index (κ3) is 3.58. The van der Waals surface area contributed by atoms with E-state index in [0.29, 0.717) is 18.4 Å². The maximum Gasteiger partial charge on any atom is 0.285 e. The summed E-state index contributed by atoms with van der Waals surface area (Å²) in [4.78, 5) is 22.9. The standard InChI is InChI=1S/C15H20N2O4/c1-10-6-5-7-11(14(10)17(20)21)15(19)16-12-8-3-2-4-9-13(12)18/h5-7,12-13,18H,2-4,8-9H2,1H3,(H,16,19). The molecule has 1 aromatic rings. The fourth-order valence-corrected chi connectivity index (χ4v) is 2.79. The first kappa shape index (κ1) is 15.4. The first-order chi connectivity index (χ1) is 10.0. The molecule has 2 unspecified atom stereocenters. The van der Waals surface area contributed by atoms with Crippen LogP contribution in [0.4, 0.5) is 5.69 Å². The Morgan fingerprint density at radius 1 is 1.33 bits per heavy atom. The highest BCUT2D eigenvalue weighted by Gasteiger charge is 2.27. The average molecular weight is 292 g/mol. The number of hydrogen-bond acceptors (Lipinski definition) is 4. The van der Waals surface area contributed by atoms with E-state index in [1.807, 2.05) is 0 Å². The molecule has 1 aliphatic rings. The van der Waals surface area contributed by atoms with Crippen molar-refractivity contribution in [2.75, 3.05) is 0 Å². The fraction of sp³-hybridized carbons (Fsp3) is 0.533. The van der Waals surface area contributed by atoms with Crippen LogP contribution in [0.5, 0.6) is 0 Å². The smallest absolute Gasteiger partial charge is 0.285 e. The van der Waals surface area contributed by atoms with Crippen LogP contribution in [0.25, 0.3) is 0 Å². The Labute approximate surface area is 123 Å². The Bertz CT molecular complexity index is 544. The van der Waals surface area contributed by atoms with Crippen LogP contribution in [0.2, 0.25) is 0 Å². The maximum atomic E-state index is 12.3. The maximum absolute atomic E-state index is 12.3. The number of para-hydroxylation sites is 1. The Balaban J connectivity index is 2.20. The van der Waals surface area contributed by atoms with Gasteiger partial charge in [0.15, 0.2) is 0 Å². The predicted octanol–water partition coefficient (Wildman–Crippen LogP) is 2.33. The van der Waals surface area contributed by atoms with Gasteiger partial charge in [-0.1, -0.05) is 31.4 Å². The molecule has 21 heavy (non-hydrogen) atoms. The van der Waals surface area contributed by atoms with Gasteiger partial charge in [-0.15, -0.1) is 0 Å². The van der Waals surface area contributed by atoms with Crippen LogP contribution in [-0.2, 0) is 0 Å². The molecule has 2 N–H and O–H groups in total. The van der Waals surface area contributed by atoms with Gasteiger partial charge in [-0.05, 0) is 25.8 Å². The molecule has 6 heteroatoms. The minimum Gasteiger partial charge on any atom is -0.391 e. The minimum absolute atomic E-state index is 0.0523. The Kier molecular flexibility index (Phi) is 4.90. The molecule has 1 amide bonds. The summed E-state index contributed by atoms with van der Waals surface area (Å²) in [7, 11) is 0. The van der Waals surface area contributed by atoms with E-state index in [1.54, 1.807) is 19.1 Å². The largest absolute Gasteiger partial charge is 0.391 e. The second-order valence-corrected chi connectivity index (χ2v) is 5.51. The third-order valence-corrected chi connectivity index (χ3v) is 3.96. The summed E-state index contributed by atoms with van der Waals surface area (Å²) in [6.45, 7) is 1.61. The quantitative estimate of drug-likeness (QED) is 0.508. The fourth-order valence-electron chi connectivity index (χ4n) is 2.79. The van der Waals surface area contributed by atoms with E-state index in [2.05, 4.69) is 5.32 Å². The van der Waals surface area contributed by atoms with E-state index in [0.717, 1.165) is 19.3 Å². The lowest BCUT2D eigenvalue weighted by Gasteiger charge is -2.21. The molecule has 0 heterocycles. The molecule has 0 radical (unpaired) electrons. The highest BCUT2D eigenvalue weighted by Crippen LogP contribution is 2.24. The number of benzene rings is 1. The molecule has 1 saturated carbocycles. The van der Waals surface area contributed by atoms with Gasteiger partial charge in [0.05, 0.1) is 17.1 Å². The van der Waals surface area contributed by atoms with Crippen molar-refractivity contribution in [3.8, 4) is 0 Å². The number of nitro groups is 1. The molecular weight excluding hydrogens is 272 g/mol. The van der Waals surface area contributed by atoms with Crippen LogP contribution in [0.1, 0.15) is 48.0 Å². The molecule has 0 bridgehead atoms. The van der Waals surface area contributed by atoms with Gasteiger partial charge in [0.25, 0.3) is 11.6 Å². The monoisotopic (exact) mass is 292 g/mol. The topological polar surface area (TPSA) is 92.5 Å². The molecule has 1 fully saturated rings. The first-order valence-corrected chi connectivity index (χ1v) is 7.23. The van der Waals surface area contributed by atoms with Crippen LogP contribution < -0.4 is 5.32 Å². The van der Waals surface area contributed by atoms with E-state index in [-0.39, 0.29) is 17.3 Å². The lowest BCUT2D eigenvalue weighted by Crippen LogP contribution is -2.42. The lowest BCUT2D eigenvalue weighted by atomic mass is 10.0. The number of carbonyl (C=O) groups excluding carboxylic acids is 1. The molecule has 1 aliphatic carbocycles. The number of nitrogens with one attached hydrogen (secondary N) is 1. The summed E-state index contributed by atoms with van der Waals surface area (Å²) in [5.74, 6) is -0.489. The van der Waals surface area contributed by atoms with Crippen molar-refractivity contribution in [1.82, 2.24) is 5.32 Å². The molecule has 2 rings (SSSR count). The molecule has 0 aliphatic heterocycles. The zero-order valence-corrected chi connectivity index (χ0v) is 12.0. The molecular formula is C15H20N2O4. The Morgan fingerprint density at radius 3 is 2.76 bits per heavy atom. The van der Waals surface area contributed by atoms with Crippen molar-refractivity contribution < 1.29 is 14.8 Å². The number of nitro benzene ring substituents is 1. The summed E-state index contributed by atoms with van der Waals surface area (Å²) in [5, 5.41) is 23.9. The van der Waals surface area contributed by atoms with Crippen LogP contribution in [0.3, 0.4) is 0 Å². The Morgan fingerprint density at radius 2 is 2.05 bits per heavy atom. The number of carbonyl (C=O) groups is 1. The van der Waals surface area contributed by atoms with E-state index < -0.39 is 16.9 Å². The lowest BCUT2D eigenvalue weighted by molar-refractivity contribution is -0.385. The molecule has 0 spiro atoms. The number of hydrogen-bond donors (Lipinski definition) is 2. The normalized spacial score (nSPS) is 22.4. The van der Waals surface area contributed by atoms with Crippen molar-refractivity contribution in [3.05, 3.63) is 39.4 Å². The second-order valence-electron chi connectivity index (χ2n) is 5.51. The van der Waals surface area contributed by atoms with Crippen LogP contribution in [-0.4, -0.2) is 28.1 Å². The van der Waals surface area contributed by atoms with E-state index in [9.17, 15) is 20.0 Å². The van der Waals surface area contributed by atoms with Crippen LogP contribution in [0, 0.1) is 17.0 Å². The summed E-state index contributed by atoms with van der Waals surface area (Å²) in [6, 6.07) is 4.35. The van der Waals surface area contributed by atoms with E-state index in [4.69, 9.17) is 0 Å². The van der Waals surface area contributed by atoms with Gasteiger partial charge in [0.2, 0.25) is 0 Å².